The number of aldehydes is 1. The van der Waals surface area contributed by atoms with Gasteiger partial charge in [-0.1, -0.05) is 12.1 Å². The molecule has 0 saturated carbocycles. The van der Waals surface area contributed by atoms with Gasteiger partial charge in [-0.3, -0.25) is 9.69 Å². The third-order valence-electron chi connectivity index (χ3n) is 4.05. The Morgan fingerprint density at radius 2 is 2.00 bits per heavy atom. The Morgan fingerprint density at radius 1 is 1.25 bits per heavy atom. The number of carbonyl (C=O) groups is 2. The summed E-state index contributed by atoms with van der Waals surface area (Å²) in [7, 11) is 1.45. The average Bonchev–Trinajstić information content (AvgIpc) is 3.10. The smallest absolute Gasteiger partial charge is 0.377 e. The highest BCUT2D eigenvalue weighted by molar-refractivity contribution is 5.95. The lowest BCUT2D eigenvalue weighted by molar-refractivity contribution is 0.112. The van der Waals surface area contributed by atoms with Crippen molar-refractivity contribution in [3.8, 4) is 17.2 Å². The van der Waals surface area contributed by atoms with Crippen LogP contribution >= 0.6 is 0 Å². The first-order valence-electron chi connectivity index (χ1n) is 8.30. The summed E-state index contributed by atoms with van der Waals surface area (Å²) >= 11 is 0. The van der Waals surface area contributed by atoms with E-state index < -0.39 is 11.7 Å². The summed E-state index contributed by atoms with van der Waals surface area (Å²) < 4.78 is 6.71. The Labute approximate surface area is 159 Å². The number of methoxy groups -OCH3 is 1. The minimum absolute atomic E-state index is 0.0795. The number of para-hydroxylation sites is 2. The van der Waals surface area contributed by atoms with Crippen molar-refractivity contribution in [1.82, 2.24) is 19.8 Å². The van der Waals surface area contributed by atoms with Crippen LogP contribution in [0.1, 0.15) is 17.3 Å². The summed E-state index contributed by atoms with van der Waals surface area (Å²) in [5.74, 6) is 0.166. The van der Waals surface area contributed by atoms with E-state index in [0.717, 1.165) is 9.58 Å². The highest BCUT2D eigenvalue weighted by Gasteiger charge is 2.24. The molecule has 144 valence electrons. The van der Waals surface area contributed by atoms with Gasteiger partial charge in [0.05, 0.1) is 12.8 Å². The summed E-state index contributed by atoms with van der Waals surface area (Å²) in [6.45, 7) is 1.77. The Kier molecular flexibility index (Phi) is 5.21. The summed E-state index contributed by atoms with van der Waals surface area (Å²) in [6, 6.07) is 9.88. The maximum Gasteiger partial charge on any atom is 0.377 e. The number of anilines is 1. The molecule has 1 amide bonds. The van der Waals surface area contributed by atoms with Crippen molar-refractivity contribution >= 4 is 18.0 Å². The van der Waals surface area contributed by atoms with Crippen molar-refractivity contribution < 1.29 is 19.4 Å². The van der Waals surface area contributed by atoms with E-state index in [2.05, 4.69) is 10.4 Å². The first-order chi connectivity index (χ1) is 13.5. The standard InChI is InChI=1S/C18H17N5O5/c1-3-21(14-10-12(11-24)8-9-15(14)25)17(26)23-18(27)22(19-20-23)13-6-4-5-7-16(13)28-2/h4-11,25H,3H2,1-2H3. The van der Waals surface area contributed by atoms with E-state index in [1.807, 2.05) is 0 Å². The van der Waals surface area contributed by atoms with Gasteiger partial charge in [0.1, 0.15) is 23.5 Å². The summed E-state index contributed by atoms with van der Waals surface area (Å²) in [5, 5.41) is 17.5. The molecular weight excluding hydrogens is 366 g/mol. The number of hydrogen-bond acceptors (Lipinski definition) is 7. The van der Waals surface area contributed by atoms with Crippen molar-refractivity contribution in [2.45, 2.75) is 6.92 Å². The fourth-order valence-electron chi connectivity index (χ4n) is 2.68. The van der Waals surface area contributed by atoms with Crippen molar-refractivity contribution in [2.75, 3.05) is 18.6 Å². The quantitative estimate of drug-likeness (QED) is 0.523. The fourth-order valence-corrected chi connectivity index (χ4v) is 2.68. The lowest BCUT2D eigenvalue weighted by atomic mass is 10.2. The summed E-state index contributed by atoms with van der Waals surface area (Å²) in [5.41, 5.74) is -0.137. The number of nitrogens with zero attached hydrogens (tertiary/aromatic N) is 5. The molecule has 28 heavy (non-hydrogen) atoms. The number of rotatable bonds is 5. The monoisotopic (exact) mass is 383 g/mol. The van der Waals surface area contributed by atoms with Crippen molar-refractivity contribution in [3.05, 3.63) is 58.5 Å². The van der Waals surface area contributed by atoms with Crippen LogP contribution in [-0.4, -0.2) is 50.9 Å². The highest BCUT2D eigenvalue weighted by Crippen LogP contribution is 2.28. The molecule has 3 rings (SSSR count). The molecule has 0 spiro atoms. The zero-order valence-electron chi connectivity index (χ0n) is 15.1. The molecule has 1 N–H and O–H groups in total. The minimum Gasteiger partial charge on any atom is -0.506 e. The normalized spacial score (nSPS) is 10.5. The average molecular weight is 383 g/mol. The van der Waals surface area contributed by atoms with Gasteiger partial charge in [-0.2, -0.15) is 4.68 Å². The van der Waals surface area contributed by atoms with Crippen LogP contribution in [0.3, 0.4) is 0 Å². The molecule has 10 nitrogen and oxygen atoms in total. The van der Waals surface area contributed by atoms with Crippen molar-refractivity contribution in [2.24, 2.45) is 0 Å². The van der Waals surface area contributed by atoms with Crippen LogP contribution in [0.25, 0.3) is 5.69 Å². The number of carbonyl (C=O) groups excluding carboxylic acids is 2. The van der Waals surface area contributed by atoms with E-state index in [1.165, 1.54) is 25.3 Å². The van der Waals surface area contributed by atoms with Gasteiger partial charge in [0, 0.05) is 12.1 Å². The van der Waals surface area contributed by atoms with Gasteiger partial charge < -0.3 is 9.84 Å². The van der Waals surface area contributed by atoms with Crippen LogP contribution in [0.2, 0.25) is 0 Å². The summed E-state index contributed by atoms with van der Waals surface area (Å²) in [6.07, 6.45) is 0.589. The number of aromatic hydroxyl groups is 1. The number of phenolic OH excluding ortho intramolecular Hbond substituents is 1. The Morgan fingerprint density at radius 3 is 2.68 bits per heavy atom. The topological polar surface area (TPSA) is 120 Å². The number of hydrogen-bond donors (Lipinski definition) is 1. The van der Waals surface area contributed by atoms with Crippen LogP contribution in [0, 0.1) is 0 Å². The molecule has 0 atom stereocenters. The van der Waals surface area contributed by atoms with Crippen molar-refractivity contribution in [3.63, 3.8) is 0 Å². The second-order valence-electron chi connectivity index (χ2n) is 5.65. The molecule has 0 saturated heterocycles. The third kappa shape index (κ3) is 3.22. The maximum atomic E-state index is 12.9. The number of benzene rings is 2. The van der Waals surface area contributed by atoms with Gasteiger partial charge in [-0.25, -0.2) is 9.59 Å². The van der Waals surface area contributed by atoms with Crippen LogP contribution in [0.5, 0.6) is 11.5 Å². The van der Waals surface area contributed by atoms with E-state index >= 15 is 0 Å². The van der Waals surface area contributed by atoms with E-state index in [0.29, 0.717) is 22.4 Å². The number of ether oxygens (including phenoxy) is 1. The van der Waals surface area contributed by atoms with Gasteiger partial charge in [0.25, 0.3) is 0 Å². The fraction of sp³-hybridized carbons (Fsp3) is 0.167. The van der Waals surface area contributed by atoms with Gasteiger partial charge in [-0.05, 0) is 47.7 Å². The molecule has 2 aromatic carbocycles. The predicted octanol–water partition coefficient (Wildman–Crippen LogP) is 1.45. The molecule has 0 unspecified atom stereocenters. The number of tetrazole rings is 1. The molecule has 0 aliphatic carbocycles. The molecule has 0 radical (unpaired) electrons. The molecule has 0 fully saturated rings. The van der Waals surface area contributed by atoms with Crippen molar-refractivity contribution in [1.29, 1.82) is 0 Å². The number of aromatic nitrogens is 4. The van der Waals surface area contributed by atoms with E-state index in [9.17, 15) is 19.5 Å². The molecule has 0 aliphatic rings. The molecule has 0 bridgehead atoms. The van der Waals surface area contributed by atoms with E-state index in [4.69, 9.17) is 4.74 Å². The van der Waals surface area contributed by atoms with E-state index in [1.54, 1.807) is 31.2 Å². The zero-order chi connectivity index (χ0) is 20.3. The molecule has 1 aromatic heterocycles. The minimum atomic E-state index is -0.827. The first-order valence-corrected chi connectivity index (χ1v) is 8.30. The van der Waals surface area contributed by atoms with Crippen LogP contribution in [0.15, 0.2) is 47.3 Å². The third-order valence-corrected chi connectivity index (χ3v) is 4.05. The molecule has 10 heteroatoms. The first kappa shape index (κ1) is 18.8. The highest BCUT2D eigenvalue weighted by atomic mass is 16.5. The number of phenols is 1. The SMILES string of the molecule is CCN(C(=O)n1nnn(-c2ccccc2OC)c1=O)c1cc(C=O)ccc1O. The molecular formula is C18H17N5O5. The van der Waals surface area contributed by atoms with Crippen LogP contribution < -0.4 is 15.3 Å². The lowest BCUT2D eigenvalue weighted by Crippen LogP contribution is -2.41. The molecule has 1 heterocycles. The van der Waals surface area contributed by atoms with Gasteiger partial charge in [0.2, 0.25) is 0 Å². The van der Waals surface area contributed by atoms with E-state index in [-0.39, 0.29) is 23.5 Å². The predicted molar refractivity (Wildman–Crippen MR) is 99.5 cm³/mol. The Bertz CT molecular complexity index is 1090. The summed E-state index contributed by atoms with van der Waals surface area (Å²) in [4.78, 5) is 37.7. The largest absolute Gasteiger partial charge is 0.506 e. The molecule has 0 aliphatic heterocycles. The second kappa shape index (κ2) is 7.74. The number of amides is 1. The molecule has 3 aromatic rings. The lowest BCUT2D eigenvalue weighted by Gasteiger charge is -2.20. The van der Waals surface area contributed by atoms with Crippen LogP contribution in [-0.2, 0) is 0 Å². The van der Waals surface area contributed by atoms with Gasteiger partial charge >= 0.3 is 11.7 Å². The Hall–Kier alpha value is -3.95. The van der Waals surface area contributed by atoms with Gasteiger partial charge in [0.15, 0.2) is 0 Å². The second-order valence-corrected chi connectivity index (χ2v) is 5.65. The van der Waals surface area contributed by atoms with Gasteiger partial charge in [-0.15, -0.1) is 4.68 Å². The van der Waals surface area contributed by atoms with Crippen LogP contribution in [0.4, 0.5) is 10.5 Å². The zero-order valence-corrected chi connectivity index (χ0v) is 15.1. The Balaban J connectivity index is 2.04. The maximum absolute atomic E-state index is 12.9.